The maximum absolute atomic E-state index is 9.24. The lowest BCUT2D eigenvalue weighted by Crippen LogP contribution is -2.36. The largest absolute Gasteiger partial charge is 0.395 e. The van der Waals surface area contributed by atoms with Gasteiger partial charge < -0.3 is 10.4 Å². The summed E-state index contributed by atoms with van der Waals surface area (Å²) in [4.78, 5) is 0. The molecule has 90 valence electrons. The molecule has 0 heterocycles. The van der Waals surface area contributed by atoms with E-state index in [2.05, 4.69) is 50.4 Å². The third kappa shape index (κ3) is 3.62. The van der Waals surface area contributed by atoms with Gasteiger partial charge in [0.2, 0.25) is 0 Å². The summed E-state index contributed by atoms with van der Waals surface area (Å²) in [6.07, 6.45) is 1.06. The Labute approximate surface area is 98.7 Å². The lowest BCUT2D eigenvalue weighted by molar-refractivity contribution is 0.210. The van der Waals surface area contributed by atoms with Crippen LogP contribution >= 0.6 is 0 Å². The number of aliphatic hydroxyl groups is 1. The second kappa shape index (κ2) is 6.66. The Morgan fingerprint density at radius 2 is 1.81 bits per heavy atom. The van der Waals surface area contributed by atoms with Gasteiger partial charge in [-0.3, -0.25) is 0 Å². The monoisotopic (exact) mass is 221 g/mol. The Morgan fingerprint density at radius 3 is 2.31 bits per heavy atom. The first kappa shape index (κ1) is 13.2. The summed E-state index contributed by atoms with van der Waals surface area (Å²) in [5, 5.41) is 12.6. The van der Waals surface area contributed by atoms with E-state index in [1.54, 1.807) is 0 Å². The zero-order valence-electron chi connectivity index (χ0n) is 10.5. The van der Waals surface area contributed by atoms with Crippen LogP contribution in [0.4, 0.5) is 0 Å². The predicted octanol–water partition coefficient (Wildman–Crippen LogP) is 2.36. The average molecular weight is 221 g/mol. The third-order valence-corrected chi connectivity index (χ3v) is 3.06. The molecule has 0 fully saturated rings. The van der Waals surface area contributed by atoms with Gasteiger partial charge in [-0.1, -0.05) is 45.0 Å². The van der Waals surface area contributed by atoms with Crippen molar-refractivity contribution in [2.45, 2.75) is 39.8 Å². The molecule has 2 nitrogen and oxygen atoms in total. The molecule has 1 aromatic carbocycles. The number of aliphatic hydroxyl groups excluding tert-OH is 1. The average Bonchev–Trinajstić information content (AvgIpc) is 2.30. The molecule has 0 bridgehead atoms. The van der Waals surface area contributed by atoms with E-state index in [0.29, 0.717) is 5.92 Å². The maximum Gasteiger partial charge on any atom is 0.0587 e. The highest BCUT2D eigenvalue weighted by Crippen LogP contribution is 2.10. The molecule has 0 saturated carbocycles. The summed E-state index contributed by atoms with van der Waals surface area (Å²) in [6.45, 7) is 7.46. The fourth-order valence-electron chi connectivity index (χ4n) is 1.83. The third-order valence-electron chi connectivity index (χ3n) is 3.06. The molecule has 1 rings (SSSR count). The molecule has 0 aliphatic rings. The first-order valence-electron chi connectivity index (χ1n) is 6.10. The minimum absolute atomic E-state index is 0.185. The number of aryl methyl sites for hydroxylation is 1. The first-order chi connectivity index (χ1) is 7.69. The highest BCUT2D eigenvalue weighted by atomic mass is 16.3. The van der Waals surface area contributed by atoms with Gasteiger partial charge in [0.05, 0.1) is 6.61 Å². The van der Waals surface area contributed by atoms with Crippen molar-refractivity contribution in [1.29, 1.82) is 0 Å². The van der Waals surface area contributed by atoms with Gasteiger partial charge in [-0.2, -0.15) is 0 Å². The SMILES string of the molecule is CCc1ccccc1CNC(CO)C(C)C. The minimum Gasteiger partial charge on any atom is -0.395 e. The molecule has 0 spiro atoms. The Bertz CT molecular complexity index is 309. The lowest BCUT2D eigenvalue weighted by Gasteiger charge is -2.20. The number of nitrogens with one attached hydrogen (secondary N) is 1. The van der Waals surface area contributed by atoms with Crippen molar-refractivity contribution >= 4 is 0 Å². The first-order valence-corrected chi connectivity index (χ1v) is 6.10. The second-order valence-corrected chi connectivity index (χ2v) is 4.54. The molecule has 2 N–H and O–H groups in total. The van der Waals surface area contributed by atoms with Gasteiger partial charge in [-0.05, 0) is 23.5 Å². The molecular weight excluding hydrogens is 198 g/mol. The van der Waals surface area contributed by atoms with Gasteiger partial charge in [0.15, 0.2) is 0 Å². The summed E-state index contributed by atoms with van der Waals surface area (Å²) in [5.41, 5.74) is 2.72. The van der Waals surface area contributed by atoms with Crippen LogP contribution in [0.15, 0.2) is 24.3 Å². The molecule has 0 aliphatic carbocycles. The second-order valence-electron chi connectivity index (χ2n) is 4.54. The van der Waals surface area contributed by atoms with E-state index in [-0.39, 0.29) is 12.6 Å². The van der Waals surface area contributed by atoms with E-state index < -0.39 is 0 Å². The zero-order chi connectivity index (χ0) is 12.0. The normalized spacial score (nSPS) is 13.1. The topological polar surface area (TPSA) is 32.3 Å². The molecule has 1 unspecified atom stereocenters. The van der Waals surface area contributed by atoms with Crippen LogP contribution in [0.25, 0.3) is 0 Å². The molecule has 0 radical (unpaired) electrons. The number of rotatable bonds is 6. The molecule has 1 atom stereocenters. The number of hydrogen-bond donors (Lipinski definition) is 2. The number of benzene rings is 1. The van der Waals surface area contributed by atoms with Crippen LogP contribution in [-0.4, -0.2) is 17.8 Å². The van der Waals surface area contributed by atoms with E-state index in [1.807, 2.05) is 0 Å². The van der Waals surface area contributed by atoms with Crippen LogP contribution in [0.1, 0.15) is 31.9 Å². The van der Waals surface area contributed by atoms with Crippen LogP contribution in [0, 0.1) is 5.92 Å². The highest BCUT2D eigenvalue weighted by Gasteiger charge is 2.11. The summed E-state index contributed by atoms with van der Waals surface area (Å²) in [7, 11) is 0. The fourth-order valence-corrected chi connectivity index (χ4v) is 1.83. The van der Waals surface area contributed by atoms with Crippen molar-refractivity contribution in [3.63, 3.8) is 0 Å². The standard InChI is InChI=1S/C14H23NO/c1-4-12-7-5-6-8-13(12)9-15-14(10-16)11(2)3/h5-8,11,14-16H,4,9-10H2,1-3H3. The van der Waals surface area contributed by atoms with Gasteiger partial charge >= 0.3 is 0 Å². The molecule has 1 aromatic rings. The van der Waals surface area contributed by atoms with Crippen molar-refractivity contribution in [3.05, 3.63) is 35.4 Å². The van der Waals surface area contributed by atoms with Crippen LogP contribution in [-0.2, 0) is 13.0 Å². The predicted molar refractivity (Wildman–Crippen MR) is 68.4 cm³/mol. The van der Waals surface area contributed by atoms with Gasteiger partial charge in [-0.25, -0.2) is 0 Å². The van der Waals surface area contributed by atoms with E-state index >= 15 is 0 Å². The lowest BCUT2D eigenvalue weighted by atomic mass is 10.0. The Morgan fingerprint density at radius 1 is 1.19 bits per heavy atom. The Kier molecular flexibility index (Phi) is 5.50. The summed E-state index contributed by atoms with van der Waals surface area (Å²) in [6, 6.07) is 8.65. The fraction of sp³-hybridized carbons (Fsp3) is 0.571. The summed E-state index contributed by atoms with van der Waals surface area (Å²) in [5.74, 6) is 0.457. The van der Waals surface area contributed by atoms with E-state index in [0.717, 1.165) is 13.0 Å². The van der Waals surface area contributed by atoms with Crippen LogP contribution in [0.5, 0.6) is 0 Å². The minimum atomic E-state index is 0.185. The highest BCUT2D eigenvalue weighted by molar-refractivity contribution is 5.26. The summed E-state index contributed by atoms with van der Waals surface area (Å²) < 4.78 is 0. The molecular formula is C14H23NO. The van der Waals surface area contributed by atoms with E-state index in [1.165, 1.54) is 11.1 Å². The molecule has 2 heteroatoms. The van der Waals surface area contributed by atoms with Crippen LogP contribution < -0.4 is 5.32 Å². The molecule has 16 heavy (non-hydrogen) atoms. The van der Waals surface area contributed by atoms with Gasteiger partial charge in [-0.15, -0.1) is 0 Å². The van der Waals surface area contributed by atoms with E-state index in [9.17, 15) is 5.11 Å². The molecule has 0 aliphatic heterocycles. The van der Waals surface area contributed by atoms with E-state index in [4.69, 9.17) is 0 Å². The Balaban J connectivity index is 2.59. The zero-order valence-corrected chi connectivity index (χ0v) is 10.5. The molecule has 0 saturated heterocycles. The molecule has 0 amide bonds. The quantitative estimate of drug-likeness (QED) is 0.773. The van der Waals surface area contributed by atoms with Crippen molar-refractivity contribution in [2.24, 2.45) is 5.92 Å². The smallest absolute Gasteiger partial charge is 0.0587 e. The van der Waals surface area contributed by atoms with Crippen LogP contribution in [0.2, 0.25) is 0 Å². The summed E-state index contributed by atoms with van der Waals surface area (Å²) >= 11 is 0. The van der Waals surface area contributed by atoms with Crippen LogP contribution in [0.3, 0.4) is 0 Å². The maximum atomic E-state index is 9.24. The Hall–Kier alpha value is -0.860. The van der Waals surface area contributed by atoms with Crippen molar-refractivity contribution < 1.29 is 5.11 Å². The van der Waals surface area contributed by atoms with Gasteiger partial charge in [0.25, 0.3) is 0 Å². The number of hydrogen-bond acceptors (Lipinski definition) is 2. The van der Waals surface area contributed by atoms with Crippen molar-refractivity contribution in [2.75, 3.05) is 6.61 Å². The van der Waals surface area contributed by atoms with Crippen molar-refractivity contribution in [1.82, 2.24) is 5.32 Å². The van der Waals surface area contributed by atoms with Gasteiger partial charge in [0.1, 0.15) is 0 Å². The van der Waals surface area contributed by atoms with Crippen molar-refractivity contribution in [3.8, 4) is 0 Å². The van der Waals surface area contributed by atoms with Gasteiger partial charge in [0, 0.05) is 12.6 Å². The molecule has 0 aromatic heterocycles.